The summed E-state index contributed by atoms with van der Waals surface area (Å²) in [6, 6.07) is 11.3. The maximum Gasteiger partial charge on any atom is 0.216 e. The summed E-state index contributed by atoms with van der Waals surface area (Å²) < 4.78 is 26.1. The Morgan fingerprint density at radius 1 is 1.32 bits per heavy atom. The summed E-state index contributed by atoms with van der Waals surface area (Å²) in [6.45, 7) is 0. The van der Waals surface area contributed by atoms with Crippen molar-refractivity contribution in [1.29, 1.82) is 5.26 Å². The Balaban J connectivity index is 2.53. The Hall–Kier alpha value is -2.39. The van der Waals surface area contributed by atoms with Gasteiger partial charge in [-0.3, -0.25) is 4.68 Å². The molecule has 0 unspecified atom stereocenters. The number of rotatable bonds is 3. The molecule has 2 aromatic rings. The van der Waals surface area contributed by atoms with Gasteiger partial charge in [-0.05, 0) is 24.3 Å². The predicted molar refractivity (Wildman–Crippen MR) is 70.4 cm³/mol. The van der Waals surface area contributed by atoms with E-state index < -0.39 is 9.84 Å². The first-order valence-corrected chi connectivity index (χ1v) is 6.94. The van der Waals surface area contributed by atoms with Crippen LogP contribution in [0.25, 0.3) is 6.08 Å². The third-order valence-corrected chi connectivity index (χ3v) is 4.27. The fourth-order valence-electron chi connectivity index (χ4n) is 1.56. The van der Waals surface area contributed by atoms with E-state index in [1.165, 1.54) is 29.1 Å². The quantitative estimate of drug-likeness (QED) is 0.798. The van der Waals surface area contributed by atoms with E-state index in [4.69, 9.17) is 5.26 Å². The average Bonchev–Trinajstić information content (AvgIpc) is 2.82. The van der Waals surface area contributed by atoms with Crippen LogP contribution in [0.15, 0.2) is 52.4 Å². The van der Waals surface area contributed by atoms with Crippen LogP contribution in [0, 0.1) is 11.3 Å². The lowest BCUT2D eigenvalue weighted by atomic mass is 10.4. The second kappa shape index (κ2) is 5.08. The Morgan fingerprint density at radius 3 is 2.53 bits per heavy atom. The Kier molecular flexibility index (Phi) is 3.49. The van der Waals surface area contributed by atoms with Gasteiger partial charge in [-0.15, -0.1) is 0 Å². The third-order valence-electron chi connectivity index (χ3n) is 2.59. The van der Waals surface area contributed by atoms with E-state index in [2.05, 4.69) is 5.10 Å². The van der Waals surface area contributed by atoms with E-state index in [-0.39, 0.29) is 9.80 Å². The molecule has 96 valence electrons. The van der Waals surface area contributed by atoms with Crippen LogP contribution in [0.2, 0.25) is 0 Å². The molecule has 0 aliphatic heterocycles. The van der Waals surface area contributed by atoms with Crippen LogP contribution in [0.4, 0.5) is 0 Å². The predicted octanol–water partition coefficient (Wildman–Crippen LogP) is 1.76. The minimum Gasteiger partial charge on any atom is -0.269 e. The van der Waals surface area contributed by atoms with Crippen LogP contribution in [-0.2, 0) is 16.9 Å². The van der Waals surface area contributed by atoms with Crippen LogP contribution < -0.4 is 0 Å². The molecule has 1 aromatic carbocycles. The van der Waals surface area contributed by atoms with Crippen LogP contribution >= 0.6 is 0 Å². The van der Waals surface area contributed by atoms with E-state index >= 15 is 0 Å². The van der Waals surface area contributed by atoms with Gasteiger partial charge in [0.2, 0.25) is 9.84 Å². The summed E-state index contributed by atoms with van der Waals surface area (Å²) in [5.41, 5.74) is 0.552. The molecule has 0 spiro atoms. The molecule has 6 heteroatoms. The summed E-state index contributed by atoms with van der Waals surface area (Å²) in [6.07, 6.45) is 2.85. The van der Waals surface area contributed by atoms with Gasteiger partial charge in [0.1, 0.15) is 6.07 Å². The van der Waals surface area contributed by atoms with Gasteiger partial charge in [0.05, 0.1) is 10.6 Å². The van der Waals surface area contributed by atoms with Gasteiger partial charge in [-0.25, -0.2) is 8.42 Å². The summed E-state index contributed by atoms with van der Waals surface area (Å²) in [5, 5.41) is 13.0. The summed E-state index contributed by atoms with van der Waals surface area (Å²) in [5.74, 6) is 0. The normalized spacial score (nSPS) is 12.1. The molecule has 0 saturated heterocycles. The van der Waals surface area contributed by atoms with Crippen molar-refractivity contribution in [3.05, 3.63) is 53.2 Å². The van der Waals surface area contributed by atoms with Gasteiger partial charge in [-0.2, -0.15) is 10.4 Å². The molecule has 0 amide bonds. The lowest BCUT2D eigenvalue weighted by Gasteiger charge is -2.02. The molecule has 19 heavy (non-hydrogen) atoms. The summed E-state index contributed by atoms with van der Waals surface area (Å²) in [4.78, 5) is -0.202. The number of aryl methyl sites for hydroxylation is 1. The number of allylic oxidation sites excluding steroid dienone is 1. The zero-order chi connectivity index (χ0) is 13.9. The molecule has 1 aromatic heterocycles. The van der Waals surface area contributed by atoms with Crippen molar-refractivity contribution >= 4 is 15.9 Å². The van der Waals surface area contributed by atoms with Crippen molar-refractivity contribution in [3.8, 4) is 6.07 Å². The topological polar surface area (TPSA) is 75.8 Å². The SMILES string of the molecule is Cn1nccc1/C=C(/C#N)S(=O)(=O)c1ccccc1. The van der Waals surface area contributed by atoms with Crippen LogP contribution in [-0.4, -0.2) is 18.2 Å². The van der Waals surface area contributed by atoms with Crippen molar-refractivity contribution in [2.24, 2.45) is 7.05 Å². The van der Waals surface area contributed by atoms with Gasteiger partial charge in [0, 0.05) is 13.2 Å². The summed E-state index contributed by atoms with van der Waals surface area (Å²) >= 11 is 0. The van der Waals surface area contributed by atoms with E-state index in [1.807, 2.05) is 0 Å². The molecule has 0 N–H and O–H groups in total. The largest absolute Gasteiger partial charge is 0.269 e. The highest BCUT2D eigenvalue weighted by Gasteiger charge is 2.20. The van der Waals surface area contributed by atoms with E-state index in [1.54, 1.807) is 37.4 Å². The first-order chi connectivity index (χ1) is 9.05. The number of benzene rings is 1. The third kappa shape index (κ3) is 2.56. The second-order valence-electron chi connectivity index (χ2n) is 3.82. The molecule has 0 bridgehead atoms. The van der Waals surface area contributed by atoms with Crippen molar-refractivity contribution in [1.82, 2.24) is 9.78 Å². The first-order valence-electron chi connectivity index (χ1n) is 5.45. The van der Waals surface area contributed by atoms with Gasteiger partial charge in [-0.1, -0.05) is 18.2 Å². The van der Waals surface area contributed by atoms with Gasteiger partial charge >= 0.3 is 0 Å². The van der Waals surface area contributed by atoms with E-state index in [0.29, 0.717) is 5.69 Å². The molecule has 1 heterocycles. The number of nitriles is 1. The highest BCUT2D eigenvalue weighted by atomic mass is 32.2. The van der Waals surface area contributed by atoms with Crippen molar-refractivity contribution in [2.45, 2.75) is 4.90 Å². The monoisotopic (exact) mass is 273 g/mol. The smallest absolute Gasteiger partial charge is 0.216 e. The van der Waals surface area contributed by atoms with Crippen LogP contribution in [0.1, 0.15) is 5.69 Å². The Labute approximate surface area is 111 Å². The molecule has 0 saturated carbocycles. The standard InChI is InChI=1S/C13H11N3O2S/c1-16-11(7-8-15-16)9-13(10-14)19(17,18)12-5-3-2-4-6-12/h2-9H,1H3/b13-9-. The Bertz CT molecular complexity index is 753. The average molecular weight is 273 g/mol. The molecule has 0 atom stereocenters. The van der Waals surface area contributed by atoms with E-state index in [0.717, 1.165) is 0 Å². The molecule has 5 nitrogen and oxygen atoms in total. The van der Waals surface area contributed by atoms with Crippen LogP contribution in [0.5, 0.6) is 0 Å². The fraction of sp³-hybridized carbons (Fsp3) is 0.0769. The number of nitrogens with zero attached hydrogens (tertiary/aromatic N) is 3. The number of sulfone groups is 1. The maximum absolute atomic E-state index is 12.3. The molecule has 0 aliphatic carbocycles. The van der Waals surface area contributed by atoms with E-state index in [9.17, 15) is 8.42 Å². The lowest BCUT2D eigenvalue weighted by molar-refractivity contribution is 0.603. The molecule has 0 fully saturated rings. The molecular weight excluding hydrogens is 262 g/mol. The minimum atomic E-state index is -3.79. The molecular formula is C13H11N3O2S. The first kappa shape index (κ1) is 13.1. The Morgan fingerprint density at radius 2 is 2.00 bits per heavy atom. The highest BCUT2D eigenvalue weighted by molar-refractivity contribution is 7.95. The van der Waals surface area contributed by atoms with Crippen LogP contribution in [0.3, 0.4) is 0 Å². The highest BCUT2D eigenvalue weighted by Crippen LogP contribution is 2.20. The van der Waals surface area contributed by atoms with Crippen molar-refractivity contribution in [3.63, 3.8) is 0 Å². The molecule has 0 radical (unpaired) electrons. The molecule has 0 aliphatic rings. The zero-order valence-corrected chi connectivity index (χ0v) is 11.0. The second-order valence-corrected chi connectivity index (χ2v) is 5.73. The minimum absolute atomic E-state index is 0.102. The van der Waals surface area contributed by atoms with Gasteiger partial charge < -0.3 is 0 Å². The number of hydrogen-bond acceptors (Lipinski definition) is 4. The number of hydrogen-bond donors (Lipinski definition) is 0. The zero-order valence-electron chi connectivity index (χ0n) is 10.2. The lowest BCUT2D eigenvalue weighted by Crippen LogP contribution is -2.04. The number of aromatic nitrogens is 2. The fourth-order valence-corrected chi connectivity index (χ4v) is 2.72. The maximum atomic E-state index is 12.3. The van der Waals surface area contributed by atoms with Crippen molar-refractivity contribution in [2.75, 3.05) is 0 Å². The van der Waals surface area contributed by atoms with Gasteiger partial charge in [0.25, 0.3) is 0 Å². The molecule has 2 rings (SSSR count). The summed E-state index contributed by atoms with van der Waals surface area (Å²) in [7, 11) is -2.11. The van der Waals surface area contributed by atoms with Crippen molar-refractivity contribution < 1.29 is 8.42 Å². The van der Waals surface area contributed by atoms with Gasteiger partial charge in [0.15, 0.2) is 4.91 Å².